The molecular formula is C15H20N4S2. The first kappa shape index (κ1) is 14.7. The molecule has 4 nitrogen and oxygen atoms in total. The molecule has 3 aromatic heterocycles. The summed E-state index contributed by atoms with van der Waals surface area (Å²) in [6.07, 6.45) is 2.10. The zero-order chi connectivity index (χ0) is 14.8. The number of thiophene rings is 1. The van der Waals surface area contributed by atoms with Gasteiger partial charge in [0.05, 0.1) is 17.4 Å². The molecule has 3 rings (SSSR count). The maximum absolute atomic E-state index is 4.59. The minimum absolute atomic E-state index is 0.413. The van der Waals surface area contributed by atoms with Crippen LogP contribution in [0, 0.1) is 6.92 Å². The van der Waals surface area contributed by atoms with E-state index in [0.29, 0.717) is 6.04 Å². The normalized spacial score (nSPS) is 13.3. The Kier molecular flexibility index (Phi) is 4.40. The zero-order valence-corrected chi connectivity index (χ0v) is 14.2. The van der Waals surface area contributed by atoms with E-state index in [9.17, 15) is 0 Å². The zero-order valence-electron chi connectivity index (χ0n) is 12.5. The molecule has 112 valence electrons. The Morgan fingerprint density at radius 1 is 1.33 bits per heavy atom. The van der Waals surface area contributed by atoms with Gasteiger partial charge in [0.2, 0.25) is 0 Å². The van der Waals surface area contributed by atoms with Crippen LogP contribution in [0.25, 0.3) is 4.96 Å². The van der Waals surface area contributed by atoms with E-state index in [1.165, 1.54) is 10.6 Å². The molecule has 0 bridgehead atoms. The molecule has 0 spiro atoms. The lowest BCUT2D eigenvalue weighted by Gasteiger charge is -2.23. The van der Waals surface area contributed by atoms with Crippen LogP contribution in [0.5, 0.6) is 0 Å². The number of rotatable bonds is 6. The monoisotopic (exact) mass is 320 g/mol. The summed E-state index contributed by atoms with van der Waals surface area (Å²) >= 11 is 3.50. The van der Waals surface area contributed by atoms with Crippen LogP contribution in [0.2, 0.25) is 0 Å². The molecule has 1 N–H and O–H groups in total. The molecule has 0 amide bonds. The smallest absolute Gasteiger partial charge is 0.194 e. The molecule has 0 aromatic carbocycles. The number of aryl methyl sites for hydroxylation is 1. The first-order valence-electron chi connectivity index (χ1n) is 6.98. The maximum Gasteiger partial charge on any atom is 0.194 e. The van der Waals surface area contributed by atoms with E-state index >= 15 is 0 Å². The third-order valence-corrected chi connectivity index (χ3v) is 5.42. The molecule has 21 heavy (non-hydrogen) atoms. The summed E-state index contributed by atoms with van der Waals surface area (Å²) in [5.74, 6) is 0. The van der Waals surface area contributed by atoms with Crippen LogP contribution < -0.4 is 5.32 Å². The highest BCUT2D eigenvalue weighted by atomic mass is 32.1. The van der Waals surface area contributed by atoms with Crippen molar-refractivity contribution >= 4 is 27.6 Å². The second-order valence-electron chi connectivity index (χ2n) is 5.33. The Balaban J connectivity index is 1.67. The van der Waals surface area contributed by atoms with Crippen molar-refractivity contribution < 1.29 is 0 Å². The highest BCUT2D eigenvalue weighted by Gasteiger charge is 2.15. The van der Waals surface area contributed by atoms with Crippen molar-refractivity contribution in [2.45, 2.75) is 19.5 Å². The molecule has 1 unspecified atom stereocenters. The van der Waals surface area contributed by atoms with E-state index in [-0.39, 0.29) is 0 Å². The summed E-state index contributed by atoms with van der Waals surface area (Å²) in [5.41, 5.74) is 2.38. The number of imidazole rings is 1. The Hall–Kier alpha value is -1.21. The average molecular weight is 320 g/mol. The maximum atomic E-state index is 4.59. The Morgan fingerprint density at radius 3 is 2.90 bits per heavy atom. The van der Waals surface area contributed by atoms with Gasteiger partial charge in [-0.3, -0.25) is 4.40 Å². The summed E-state index contributed by atoms with van der Waals surface area (Å²) in [6.45, 7) is 3.86. The van der Waals surface area contributed by atoms with Crippen molar-refractivity contribution in [2.24, 2.45) is 0 Å². The van der Waals surface area contributed by atoms with Crippen LogP contribution in [0.4, 0.5) is 0 Å². The van der Waals surface area contributed by atoms with E-state index in [1.54, 1.807) is 11.3 Å². The van der Waals surface area contributed by atoms with Gasteiger partial charge in [0.15, 0.2) is 4.96 Å². The summed E-state index contributed by atoms with van der Waals surface area (Å²) in [4.78, 5) is 9.33. The topological polar surface area (TPSA) is 32.6 Å². The molecule has 6 heteroatoms. The van der Waals surface area contributed by atoms with Crippen LogP contribution in [0.3, 0.4) is 0 Å². The predicted molar refractivity (Wildman–Crippen MR) is 90.3 cm³/mol. The number of aromatic nitrogens is 2. The van der Waals surface area contributed by atoms with Crippen LogP contribution in [0.1, 0.15) is 22.3 Å². The van der Waals surface area contributed by atoms with E-state index < -0.39 is 0 Å². The number of hydrogen-bond acceptors (Lipinski definition) is 5. The van der Waals surface area contributed by atoms with E-state index in [2.05, 4.69) is 69.7 Å². The third-order valence-electron chi connectivity index (χ3n) is 3.69. The molecule has 0 fully saturated rings. The lowest BCUT2D eigenvalue weighted by molar-refractivity contribution is 0.292. The largest absolute Gasteiger partial charge is 0.309 e. The van der Waals surface area contributed by atoms with Gasteiger partial charge in [0.25, 0.3) is 0 Å². The molecule has 0 saturated heterocycles. The van der Waals surface area contributed by atoms with E-state index in [1.807, 2.05) is 11.3 Å². The second-order valence-corrected chi connectivity index (χ2v) is 7.18. The van der Waals surface area contributed by atoms with Crippen LogP contribution in [-0.2, 0) is 6.54 Å². The average Bonchev–Trinajstić information content (AvgIpc) is 3.13. The molecule has 1 atom stereocenters. The third kappa shape index (κ3) is 3.03. The molecule has 3 heterocycles. The standard InChI is InChI=1S/C15H20N4S2/c1-11-12(19-6-8-21-15(19)17-11)9-16-10-13(18(2)3)14-5-4-7-20-14/h4-8,13,16H,9-10H2,1-3H3. The quantitative estimate of drug-likeness (QED) is 0.757. The Bertz CT molecular complexity index is 696. The van der Waals surface area contributed by atoms with Gasteiger partial charge in [-0.25, -0.2) is 4.98 Å². The molecular weight excluding hydrogens is 300 g/mol. The number of hydrogen-bond donors (Lipinski definition) is 1. The number of thiazole rings is 1. The van der Waals surface area contributed by atoms with E-state index in [0.717, 1.165) is 23.7 Å². The fourth-order valence-corrected chi connectivity index (χ4v) is 4.20. The van der Waals surface area contributed by atoms with Crippen molar-refractivity contribution in [1.82, 2.24) is 19.6 Å². The molecule has 0 aliphatic heterocycles. The van der Waals surface area contributed by atoms with Gasteiger partial charge in [-0.15, -0.1) is 22.7 Å². The second kappa shape index (κ2) is 6.27. The van der Waals surface area contributed by atoms with Crippen LogP contribution in [0.15, 0.2) is 29.1 Å². The van der Waals surface area contributed by atoms with E-state index in [4.69, 9.17) is 0 Å². The van der Waals surface area contributed by atoms with Crippen molar-refractivity contribution in [3.05, 3.63) is 45.4 Å². The summed E-state index contributed by atoms with van der Waals surface area (Å²) in [7, 11) is 4.26. The highest BCUT2D eigenvalue weighted by molar-refractivity contribution is 7.15. The van der Waals surface area contributed by atoms with Crippen LogP contribution in [-0.4, -0.2) is 34.9 Å². The van der Waals surface area contributed by atoms with Crippen LogP contribution >= 0.6 is 22.7 Å². The first-order chi connectivity index (χ1) is 10.2. The fraction of sp³-hybridized carbons (Fsp3) is 0.400. The number of likely N-dealkylation sites (N-methyl/N-ethyl adjacent to an activating group) is 1. The van der Waals surface area contributed by atoms with Gasteiger partial charge in [0, 0.05) is 29.5 Å². The summed E-state index contributed by atoms with van der Waals surface area (Å²) in [5, 5.41) is 7.81. The van der Waals surface area contributed by atoms with Gasteiger partial charge in [0.1, 0.15) is 0 Å². The molecule has 0 aliphatic rings. The lowest BCUT2D eigenvalue weighted by atomic mass is 10.2. The summed E-state index contributed by atoms with van der Waals surface area (Å²) in [6, 6.07) is 4.74. The van der Waals surface area contributed by atoms with Crippen molar-refractivity contribution in [3.63, 3.8) is 0 Å². The minimum Gasteiger partial charge on any atom is -0.309 e. The molecule has 0 radical (unpaired) electrons. The van der Waals surface area contributed by atoms with Gasteiger partial charge in [-0.05, 0) is 32.5 Å². The number of nitrogens with zero attached hydrogens (tertiary/aromatic N) is 3. The highest BCUT2D eigenvalue weighted by Crippen LogP contribution is 2.23. The lowest BCUT2D eigenvalue weighted by Crippen LogP contribution is -2.30. The Morgan fingerprint density at radius 2 is 2.19 bits per heavy atom. The Labute approximate surface area is 133 Å². The van der Waals surface area contributed by atoms with Gasteiger partial charge in [-0.1, -0.05) is 6.07 Å². The fourth-order valence-electron chi connectivity index (χ4n) is 2.50. The predicted octanol–water partition coefficient (Wildman–Crippen LogP) is 3.16. The van der Waals surface area contributed by atoms with Gasteiger partial charge < -0.3 is 10.2 Å². The first-order valence-corrected chi connectivity index (χ1v) is 8.74. The summed E-state index contributed by atoms with van der Waals surface area (Å²) < 4.78 is 2.18. The molecule has 0 saturated carbocycles. The van der Waals surface area contributed by atoms with Crippen molar-refractivity contribution in [2.75, 3.05) is 20.6 Å². The number of fused-ring (bicyclic) bond motifs is 1. The molecule has 0 aliphatic carbocycles. The number of nitrogens with one attached hydrogen (secondary N) is 1. The van der Waals surface area contributed by atoms with Crippen molar-refractivity contribution in [3.8, 4) is 0 Å². The SMILES string of the molecule is Cc1nc2sccn2c1CNCC(c1cccs1)N(C)C. The van der Waals surface area contributed by atoms with Gasteiger partial charge >= 0.3 is 0 Å². The minimum atomic E-state index is 0.413. The molecule has 3 aromatic rings. The van der Waals surface area contributed by atoms with Crippen molar-refractivity contribution in [1.29, 1.82) is 0 Å². The van der Waals surface area contributed by atoms with Gasteiger partial charge in [-0.2, -0.15) is 0 Å².